The highest BCUT2D eigenvalue weighted by Gasteiger charge is 2.40. The molecule has 3 aromatic heterocycles. The normalized spacial score (nSPS) is 16.4. The summed E-state index contributed by atoms with van der Waals surface area (Å²) < 4.78 is 55.6. The number of benzene rings is 1. The van der Waals surface area contributed by atoms with Crippen LogP contribution >= 0.6 is 11.3 Å². The number of alkyl halides is 3. The second-order valence-electron chi connectivity index (χ2n) is 7.69. The second kappa shape index (κ2) is 8.60. The minimum absolute atomic E-state index is 0.0752. The lowest BCUT2D eigenvalue weighted by atomic mass is 10.1. The topological polar surface area (TPSA) is 76.8 Å². The molecular formula is C22H16F4N6OS. The van der Waals surface area contributed by atoms with Gasteiger partial charge in [-0.05, 0) is 37.1 Å². The van der Waals surface area contributed by atoms with Crippen LogP contribution in [0, 0.1) is 5.82 Å². The van der Waals surface area contributed by atoms with Crippen molar-refractivity contribution in [3.63, 3.8) is 0 Å². The molecule has 1 atom stereocenters. The summed E-state index contributed by atoms with van der Waals surface area (Å²) in [5, 5.41) is 8.83. The van der Waals surface area contributed by atoms with Crippen LogP contribution in [0.5, 0.6) is 0 Å². The Morgan fingerprint density at radius 1 is 1.15 bits per heavy atom. The monoisotopic (exact) mass is 488 g/mol. The number of hydrogen-bond donors (Lipinski definition) is 0. The molecule has 4 heterocycles. The van der Waals surface area contributed by atoms with Gasteiger partial charge in [0.25, 0.3) is 5.91 Å². The molecule has 1 unspecified atom stereocenters. The maximum Gasteiger partial charge on any atom is 0.406 e. The molecule has 1 aliphatic rings. The predicted octanol–water partition coefficient (Wildman–Crippen LogP) is 4.69. The number of amides is 1. The molecule has 0 radical (unpaired) electrons. The van der Waals surface area contributed by atoms with Crippen LogP contribution in [0.3, 0.4) is 0 Å². The van der Waals surface area contributed by atoms with Crippen molar-refractivity contribution in [2.45, 2.75) is 25.1 Å². The Kier molecular flexibility index (Phi) is 5.60. The van der Waals surface area contributed by atoms with Gasteiger partial charge in [-0.1, -0.05) is 11.3 Å². The minimum atomic E-state index is -4.66. The number of hydrogen-bond acceptors (Lipinski definition) is 6. The van der Waals surface area contributed by atoms with Crippen molar-refractivity contribution in [2.24, 2.45) is 0 Å². The number of carbonyl (C=O) groups is 1. The molecular weight excluding hydrogens is 472 g/mol. The van der Waals surface area contributed by atoms with Crippen molar-refractivity contribution in [3.8, 4) is 21.1 Å². The summed E-state index contributed by atoms with van der Waals surface area (Å²) in [6.07, 6.45) is 1.93. The maximum atomic E-state index is 14.4. The zero-order chi connectivity index (χ0) is 23.9. The van der Waals surface area contributed by atoms with Gasteiger partial charge in [-0.15, -0.1) is 16.4 Å². The van der Waals surface area contributed by atoms with E-state index in [0.717, 1.165) is 5.56 Å². The molecule has 1 aromatic carbocycles. The van der Waals surface area contributed by atoms with E-state index in [4.69, 9.17) is 0 Å². The third kappa shape index (κ3) is 4.28. The van der Waals surface area contributed by atoms with Crippen molar-refractivity contribution in [1.29, 1.82) is 0 Å². The van der Waals surface area contributed by atoms with Crippen LogP contribution < -0.4 is 4.90 Å². The third-order valence-corrected chi connectivity index (χ3v) is 6.51. The van der Waals surface area contributed by atoms with Crippen molar-refractivity contribution >= 4 is 22.9 Å². The molecule has 0 saturated heterocycles. The van der Waals surface area contributed by atoms with Crippen LogP contribution in [-0.4, -0.2) is 43.6 Å². The summed E-state index contributed by atoms with van der Waals surface area (Å²) in [6.45, 7) is -1.52. The van der Waals surface area contributed by atoms with E-state index in [1.807, 2.05) is 6.07 Å². The SMILES string of the molecule is O=C1C(n2cc(-c3cnc(-c4cccnc4)s3)nn2)CCc2c(F)cccc2N1CC(F)(F)F. The summed E-state index contributed by atoms with van der Waals surface area (Å²) in [5.41, 5.74) is 1.25. The fourth-order valence-corrected chi connectivity index (χ4v) is 4.75. The number of rotatable bonds is 4. The van der Waals surface area contributed by atoms with Gasteiger partial charge in [-0.25, -0.2) is 14.1 Å². The van der Waals surface area contributed by atoms with Gasteiger partial charge in [0.05, 0.1) is 16.8 Å². The average Bonchev–Trinajstić information content (AvgIpc) is 3.46. The molecule has 0 bridgehead atoms. The second-order valence-corrected chi connectivity index (χ2v) is 8.72. The van der Waals surface area contributed by atoms with Crippen LogP contribution in [0.25, 0.3) is 21.1 Å². The first-order valence-corrected chi connectivity index (χ1v) is 11.1. The van der Waals surface area contributed by atoms with Gasteiger partial charge in [-0.2, -0.15) is 13.2 Å². The smallest absolute Gasteiger partial charge is 0.301 e. The highest BCUT2D eigenvalue weighted by molar-refractivity contribution is 7.18. The van der Waals surface area contributed by atoms with Crippen LogP contribution in [0.15, 0.2) is 55.1 Å². The van der Waals surface area contributed by atoms with Gasteiger partial charge in [0, 0.05) is 29.7 Å². The third-order valence-electron chi connectivity index (χ3n) is 5.44. The Hall–Kier alpha value is -3.67. The average molecular weight is 488 g/mol. The molecule has 0 fully saturated rings. The van der Waals surface area contributed by atoms with Crippen LogP contribution in [0.4, 0.5) is 23.2 Å². The molecule has 1 amide bonds. The molecule has 12 heteroatoms. The molecule has 34 heavy (non-hydrogen) atoms. The molecule has 1 aliphatic heterocycles. The van der Waals surface area contributed by atoms with E-state index in [1.165, 1.54) is 40.4 Å². The highest BCUT2D eigenvalue weighted by atomic mass is 32.1. The lowest BCUT2D eigenvalue weighted by Crippen LogP contribution is -2.42. The van der Waals surface area contributed by atoms with Crippen molar-refractivity contribution < 1.29 is 22.4 Å². The first kappa shape index (κ1) is 22.1. The Morgan fingerprint density at radius 2 is 2.00 bits per heavy atom. The summed E-state index contributed by atoms with van der Waals surface area (Å²) >= 11 is 1.34. The summed E-state index contributed by atoms with van der Waals surface area (Å²) in [4.78, 5) is 22.9. The van der Waals surface area contributed by atoms with Gasteiger partial charge >= 0.3 is 6.18 Å². The molecule has 174 valence electrons. The number of nitrogens with zero attached hydrogens (tertiary/aromatic N) is 6. The van der Waals surface area contributed by atoms with E-state index < -0.39 is 30.5 Å². The lowest BCUT2D eigenvalue weighted by Gasteiger charge is -2.26. The number of aromatic nitrogens is 5. The molecule has 4 aromatic rings. The summed E-state index contributed by atoms with van der Waals surface area (Å²) in [7, 11) is 0. The largest absolute Gasteiger partial charge is 0.406 e. The van der Waals surface area contributed by atoms with Crippen molar-refractivity contribution in [2.75, 3.05) is 11.4 Å². The fraction of sp³-hybridized carbons (Fsp3) is 0.227. The number of halogens is 4. The molecule has 0 spiro atoms. The quantitative estimate of drug-likeness (QED) is 0.390. The van der Waals surface area contributed by atoms with Crippen molar-refractivity contribution in [1.82, 2.24) is 25.0 Å². The standard InChI is InChI=1S/C22H16F4N6OS/c23-15-4-1-5-17-14(15)6-7-18(21(33)31(17)12-22(24,25)26)32-11-16(29-30-32)19-10-28-20(34-19)13-3-2-8-27-9-13/h1-5,8-11,18H,6-7,12H2. The maximum absolute atomic E-state index is 14.4. The Labute approximate surface area is 194 Å². The summed E-state index contributed by atoms with van der Waals surface area (Å²) in [6, 6.07) is 6.38. The van der Waals surface area contributed by atoms with Crippen LogP contribution in [-0.2, 0) is 11.2 Å². The molecule has 0 N–H and O–H groups in total. The van der Waals surface area contributed by atoms with E-state index in [2.05, 4.69) is 20.3 Å². The molecule has 0 aliphatic carbocycles. The van der Waals surface area contributed by atoms with Gasteiger partial charge in [0.15, 0.2) is 0 Å². The first-order valence-electron chi connectivity index (χ1n) is 10.2. The zero-order valence-corrected chi connectivity index (χ0v) is 18.2. The number of carbonyl (C=O) groups excluding carboxylic acids is 1. The first-order chi connectivity index (χ1) is 16.3. The van der Waals surface area contributed by atoms with E-state index in [1.54, 1.807) is 24.7 Å². The number of pyridine rings is 1. The highest BCUT2D eigenvalue weighted by Crippen LogP contribution is 2.36. The van der Waals surface area contributed by atoms with E-state index in [-0.39, 0.29) is 24.1 Å². The van der Waals surface area contributed by atoms with Gasteiger partial charge in [-0.3, -0.25) is 9.78 Å². The summed E-state index contributed by atoms with van der Waals surface area (Å²) in [5.74, 6) is -1.47. The van der Waals surface area contributed by atoms with Crippen molar-refractivity contribution in [3.05, 3.63) is 66.5 Å². The van der Waals surface area contributed by atoms with E-state index in [9.17, 15) is 22.4 Å². The van der Waals surface area contributed by atoms with Gasteiger partial charge in [0.2, 0.25) is 0 Å². The van der Waals surface area contributed by atoms with Gasteiger partial charge < -0.3 is 4.90 Å². The predicted molar refractivity (Wildman–Crippen MR) is 117 cm³/mol. The Balaban J connectivity index is 1.46. The zero-order valence-electron chi connectivity index (χ0n) is 17.4. The van der Waals surface area contributed by atoms with Crippen LogP contribution in [0.2, 0.25) is 0 Å². The molecule has 7 nitrogen and oxygen atoms in total. The Bertz CT molecular complexity index is 1340. The van der Waals surface area contributed by atoms with E-state index in [0.29, 0.717) is 20.5 Å². The molecule has 5 rings (SSSR count). The fourth-order valence-electron chi connectivity index (χ4n) is 3.90. The van der Waals surface area contributed by atoms with E-state index >= 15 is 0 Å². The molecule has 0 saturated carbocycles. The Morgan fingerprint density at radius 3 is 2.76 bits per heavy atom. The van der Waals surface area contributed by atoms with Gasteiger partial charge in [0.1, 0.15) is 29.1 Å². The number of fused-ring (bicyclic) bond motifs is 1. The minimum Gasteiger partial charge on any atom is -0.301 e. The van der Waals surface area contributed by atoms with Crippen LogP contribution in [0.1, 0.15) is 18.0 Å². The number of thiazole rings is 1. The lowest BCUT2D eigenvalue weighted by molar-refractivity contribution is -0.134. The number of anilines is 1.